The zero-order chi connectivity index (χ0) is 14.0. The van der Waals surface area contributed by atoms with Crippen molar-refractivity contribution in [2.75, 3.05) is 0 Å². The van der Waals surface area contributed by atoms with Crippen LogP contribution in [0.5, 0.6) is 0 Å². The summed E-state index contributed by atoms with van der Waals surface area (Å²) in [5, 5.41) is 15.9. The van der Waals surface area contributed by atoms with Crippen molar-refractivity contribution in [3.05, 3.63) is 32.0 Å². The van der Waals surface area contributed by atoms with Crippen molar-refractivity contribution in [2.24, 2.45) is 0 Å². The van der Waals surface area contributed by atoms with Gasteiger partial charge in [0.15, 0.2) is 0 Å². The second-order valence-electron chi connectivity index (χ2n) is 4.10. The maximum absolute atomic E-state index is 10.2. The molecule has 0 bridgehead atoms. The average molecular weight is 320 g/mol. The minimum absolute atomic E-state index is 0.392. The molecule has 0 aliphatic heterocycles. The number of aryl methyl sites for hydroxylation is 2. The lowest BCUT2D eigenvalue weighted by Crippen LogP contribution is -2.08. The van der Waals surface area contributed by atoms with Crippen LogP contribution >= 0.6 is 34.5 Å². The van der Waals surface area contributed by atoms with Gasteiger partial charge in [-0.3, -0.25) is 4.68 Å². The Labute approximate surface area is 126 Å². The number of thiazole rings is 1. The van der Waals surface area contributed by atoms with E-state index in [1.165, 1.54) is 11.3 Å². The Hall–Kier alpha value is -0.620. The molecule has 0 amide bonds. The molecule has 0 radical (unpaired) electrons. The summed E-state index contributed by atoms with van der Waals surface area (Å²) in [5.74, 6) is 0. The van der Waals surface area contributed by atoms with Crippen LogP contribution in [0.2, 0.25) is 9.36 Å². The fourth-order valence-corrected chi connectivity index (χ4v) is 3.17. The van der Waals surface area contributed by atoms with Crippen LogP contribution in [0, 0.1) is 0 Å². The fraction of sp³-hybridized carbons (Fsp3) is 0.500. The highest BCUT2D eigenvalue weighted by Gasteiger charge is 2.20. The molecule has 104 valence electrons. The molecule has 2 heterocycles. The Balaban J connectivity index is 2.25. The highest BCUT2D eigenvalue weighted by atomic mass is 35.5. The molecular weight excluding hydrogens is 305 g/mol. The summed E-state index contributed by atoms with van der Waals surface area (Å²) in [5.41, 5.74) is 1.71. The molecule has 0 fully saturated rings. The van der Waals surface area contributed by atoms with Gasteiger partial charge in [-0.2, -0.15) is 5.10 Å². The lowest BCUT2D eigenvalue weighted by molar-refractivity contribution is 0.175. The van der Waals surface area contributed by atoms with Crippen LogP contribution in [0.15, 0.2) is 6.20 Å². The van der Waals surface area contributed by atoms with Gasteiger partial charge in [0.05, 0.1) is 22.6 Å². The minimum atomic E-state index is -0.707. The van der Waals surface area contributed by atoms with Gasteiger partial charge in [-0.25, -0.2) is 4.98 Å². The number of hydrogen-bond acceptors (Lipinski definition) is 4. The maximum atomic E-state index is 10.2. The van der Waals surface area contributed by atoms with Gasteiger partial charge in [0.2, 0.25) is 0 Å². The van der Waals surface area contributed by atoms with Crippen molar-refractivity contribution >= 4 is 34.5 Å². The lowest BCUT2D eigenvalue weighted by atomic mass is 10.2. The Morgan fingerprint density at radius 3 is 2.68 bits per heavy atom. The van der Waals surface area contributed by atoms with Gasteiger partial charge in [0.25, 0.3) is 0 Å². The molecule has 0 spiro atoms. The highest BCUT2D eigenvalue weighted by Crippen LogP contribution is 2.29. The van der Waals surface area contributed by atoms with Crippen molar-refractivity contribution in [1.29, 1.82) is 0 Å². The first kappa shape index (κ1) is 14.8. The van der Waals surface area contributed by atoms with E-state index in [9.17, 15) is 5.11 Å². The molecule has 1 N–H and O–H groups in total. The molecule has 7 heteroatoms. The van der Waals surface area contributed by atoms with E-state index in [0.717, 1.165) is 24.4 Å². The molecule has 0 aliphatic rings. The lowest BCUT2D eigenvalue weighted by Gasteiger charge is -2.09. The molecule has 0 aliphatic carbocycles. The first-order chi connectivity index (χ1) is 9.06. The van der Waals surface area contributed by atoms with Crippen LogP contribution in [0.25, 0.3) is 0 Å². The molecule has 1 atom stereocenters. The summed E-state index contributed by atoms with van der Waals surface area (Å²) in [7, 11) is 0. The van der Waals surface area contributed by atoms with Gasteiger partial charge in [0.1, 0.15) is 15.4 Å². The van der Waals surface area contributed by atoms with Crippen molar-refractivity contribution in [3.63, 3.8) is 0 Å². The van der Waals surface area contributed by atoms with Crippen LogP contribution < -0.4 is 0 Å². The first-order valence-electron chi connectivity index (χ1n) is 6.10. The molecule has 2 aromatic rings. The Morgan fingerprint density at radius 2 is 2.16 bits per heavy atom. The number of rotatable bonds is 5. The zero-order valence-electron chi connectivity index (χ0n) is 10.7. The summed E-state index contributed by atoms with van der Waals surface area (Å²) in [6.45, 7) is 4.73. The number of hydrogen-bond donors (Lipinski definition) is 1. The van der Waals surface area contributed by atoms with E-state index in [2.05, 4.69) is 10.1 Å². The molecule has 0 aromatic carbocycles. The van der Waals surface area contributed by atoms with Crippen LogP contribution in [0.3, 0.4) is 0 Å². The molecule has 4 nitrogen and oxygen atoms in total. The van der Waals surface area contributed by atoms with Crippen LogP contribution in [-0.4, -0.2) is 19.9 Å². The number of halogens is 2. The maximum Gasteiger partial charge on any atom is 0.123 e. The van der Waals surface area contributed by atoms with Gasteiger partial charge in [-0.1, -0.05) is 30.1 Å². The summed E-state index contributed by atoms with van der Waals surface area (Å²) in [6, 6.07) is 0. The van der Waals surface area contributed by atoms with Crippen molar-refractivity contribution in [2.45, 2.75) is 39.3 Å². The summed E-state index contributed by atoms with van der Waals surface area (Å²) in [4.78, 5) is 4.09. The normalized spacial score (nSPS) is 12.9. The number of aromatic nitrogens is 3. The van der Waals surface area contributed by atoms with Gasteiger partial charge in [0, 0.05) is 13.0 Å². The van der Waals surface area contributed by atoms with E-state index in [-0.39, 0.29) is 0 Å². The number of aliphatic hydroxyl groups excluding tert-OH is 1. The molecular formula is C12H15Cl2N3OS. The third-order valence-corrected chi connectivity index (χ3v) is 4.51. The Kier molecular flexibility index (Phi) is 4.84. The van der Waals surface area contributed by atoms with E-state index in [1.807, 2.05) is 18.5 Å². The van der Waals surface area contributed by atoms with E-state index >= 15 is 0 Å². The van der Waals surface area contributed by atoms with Gasteiger partial charge in [-0.05, 0) is 13.3 Å². The fourth-order valence-electron chi connectivity index (χ4n) is 1.90. The van der Waals surface area contributed by atoms with Crippen LogP contribution in [0.4, 0.5) is 0 Å². The highest BCUT2D eigenvalue weighted by molar-refractivity contribution is 7.15. The standard InChI is InChI=1S/C12H15Cl2N3OS/c1-3-7-11(14)8(17(4-2)16-7)5-9(18)12-15-6-10(13)19-12/h6,9,18H,3-5H2,1-2H3. The van der Waals surface area contributed by atoms with E-state index < -0.39 is 6.10 Å². The average Bonchev–Trinajstić information content (AvgIpc) is 2.95. The summed E-state index contributed by atoms with van der Waals surface area (Å²) in [6.07, 6.45) is 2.00. The predicted molar refractivity (Wildman–Crippen MR) is 78.1 cm³/mol. The van der Waals surface area contributed by atoms with E-state index in [0.29, 0.717) is 20.8 Å². The summed E-state index contributed by atoms with van der Waals surface area (Å²) < 4.78 is 2.40. The second-order valence-corrected chi connectivity index (χ2v) is 6.17. The van der Waals surface area contributed by atoms with Gasteiger partial charge < -0.3 is 5.11 Å². The number of nitrogens with zero attached hydrogens (tertiary/aromatic N) is 3. The van der Waals surface area contributed by atoms with E-state index in [1.54, 1.807) is 6.20 Å². The molecule has 2 aromatic heterocycles. The molecule has 2 rings (SSSR count). The Bertz CT molecular complexity index is 567. The summed E-state index contributed by atoms with van der Waals surface area (Å²) >= 11 is 13.4. The quantitative estimate of drug-likeness (QED) is 0.917. The predicted octanol–water partition coefficient (Wildman–Crippen LogP) is 3.50. The Morgan fingerprint density at radius 1 is 1.42 bits per heavy atom. The smallest absolute Gasteiger partial charge is 0.123 e. The van der Waals surface area contributed by atoms with Crippen LogP contribution in [0.1, 0.15) is 36.3 Å². The second kappa shape index (κ2) is 6.22. The largest absolute Gasteiger partial charge is 0.386 e. The molecule has 19 heavy (non-hydrogen) atoms. The molecule has 0 saturated carbocycles. The van der Waals surface area contributed by atoms with Crippen molar-refractivity contribution in [3.8, 4) is 0 Å². The topological polar surface area (TPSA) is 50.9 Å². The van der Waals surface area contributed by atoms with Gasteiger partial charge >= 0.3 is 0 Å². The minimum Gasteiger partial charge on any atom is -0.386 e. The van der Waals surface area contributed by atoms with Crippen molar-refractivity contribution < 1.29 is 5.11 Å². The van der Waals surface area contributed by atoms with Crippen molar-refractivity contribution in [1.82, 2.24) is 14.8 Å². The molecule has 0 saturated heterocycles. The van der Waals surface area contributed by atoms with Gasteiger partial charge in [-0.15, -0.1) is 11.3 Å². The zero-order valence-corrected chi connectivity index (χ0v) is 13.1. The monoisotopic (exact) mass is 319 g/mol. The third kappa shape index (κ3) is 3.11. The number of aliphatic hydroxyl groups is 1. The SMILES string of the molecule is CCc1nn(CC)c(CC(O)c2ncc(Cl)s2)c1Cl. The first-order valence-corrected chi connectivity index (χ1v) is 7.67. The van der Waals surface area contributed by atoms with E-state index in [4.69, 9.17) is 23.2 Å². The molecule has 1 unspecified atom stereocenters. The third-order valence-electron chi connectivity index (χ3n) is 2.86. The van der Waals surface area contributed by atoms with Crippen LogP contribution in [-0.2, 0) is 19.4 Å².